The van der Waals surface area contributed by atoms with Crippen molar-refractivity contribution in [3.05, 3.63) is 69.9 Å². The van der Waals surface area contributed by atoms with Crippen molar-refractivity contribution in [1.82, 2.24) is 4.57 Å². The molecule has 0 atom stereocenters. The average Bonchev–Trinajstić information content (AvgIpc) is 2.85. The van der Waals surface area contributed by atoms with Crippen LogP contribution in [0.25, 0.3) is 10.9 Å². The number of rotatable bonds is 2. The molecule has 1 aromatic heterocycles. The van der Waals surface area contributed by atoms with Crippen LogP contribution in [-0.4, -0.2) is 15.6 Å². The summed E-state index contributed by atoms with van der Waals surface area (Å²) in [7, 11) is 0. The summed E-state index contributed by atoms with van der Waals surface area (Å²) >= 11 is 5.94. The van der Waals surface area contributed by atoms with E-state index in [9.17, 15) is 9.90 Å². The molecule has 3 rings (SSSR count). The zero-order valence-electron chi connectivity index (χ0n) is 14.9. The quantitative estimate of drug-likeness (QED) is 0.696. The summed E-state index contributed by atoms with van der Waals surface area (Å²) in [4.78, 5) is 13.2. The van der Waals surface area contributed by atoms with Gasteiger partial charge in [-0.25, -0.2) is 0 Å². The molecule has 1 N–H and O–H groups in total. The van der Waals surface area contributed by atoms with E-state index in [0.717, 1.165) is 27.7 Å². The van der Waals surface area contributed by atoms with Crippen molar-refractivity contribution in [1.29, 1.82) is 0 Å². The van der Waals surface area contributed by atoms with Crippen LogP contribution < -0.4 is 0 Å². The molecule has 3 nitrogen and oxygen atoms in total. The number of halogens is 1. The number of carbonyl (C=O) groups is 1. The number of aliphatic hydroxyl groups is 1. The Morgan fingerprint density at radius 1 is 1.12 bits per heavy atom. The maximum atomic E-state index is 13.2. The molecule has 0 radical (unpaired) electrons. The van der Waals surface area contributed by atoms with Crippen LogP contribution >= 0.6 is 11.6 Å². The number of hydrogen-bond donors (Lipinski definition) is 1. The van der Waals surface area contributed by atoms with Crippen LogP contribution in [0, 0.1) is 6.92 Å². The molecule has 0 unspecified atom stereocenters. The summed E-state index contributed by atoms with van der Waals surface area (Å²) in [6.45, 7) is 8.37. The van der Waals surface area contributed by atoms with Crippen molar-refractivity contribution in [2.45, 2.75) is 39.7 Å². The summed E-state index contributed by atoms with van der Waals surface area (Å²) in [6, 6.07) is 12.7. The average molecular weight is 356 g/mol. The first kappa shape index (κ1) is 17.7. The van der Waals surface area contributed by atoms with Crippen LogP contribution in [0.1, 0.15) is 48.0 Å². The van der Waals surface area contributed by atoms with Gasteiger partial charge in [0.25, 0.3) is 5.91 Å². The number of aromatic nitrogens is 1. The second-order valence-corrected chi connectivity index (χ2v) is 7.80. The minimum absolute atomic E-state index is 0.0190. The fourth-order valence-electron chi connectivity index (χ4n) is 3.49. The fraction of sp³-hybridized carbons (Fsp3) is 0.286. The maximum absolute atomic E-state index is 13.2. The summed E-state index contributed by atoms with van der Waals surface area (Å²) in [5.41, 5.74) is 4.23. The highest BCUT2D eigenvalue weighted by Gasteiger charge is 2.27. The SMILES string of the molecule is Cc1c(C(C)(C)C)c2cc(CO)ccc2n1C(=O)c1ccc(Cl)cc1. The Labute approximate surface area is 152 Å². The van der Waals surface area contributed by atoms with Gasteiger partial charge in [0.15, 0.2) is 0 Å². The van der Waals surface area contributed by atoms with Gasteiger partial charge in [0.2, 0.25) is 0 Å². The molecule has 0 aliphatic heterocycles. The molecule has 0 bridgehead atoms. The smallest absolute Gasteiger partial charge is 0.262 e. The van der Waals surface area contributed by atoms with Crippen molar-refractivity contribution >= 4 is 28.4 Å². The number of benzene rings is 2. The van der Waals surface area contributed by atoms with Gasteiger partial charge in [-0.3, -0.25) is 9.36 Å². The lowest BCUT2D eigenvalue weighted by Crippen LogP contribution is -2.17. The Balaban J connectivity index is 2.30. The largest absolute Gasteiger partial charge is 0.392 e. The standard InChI is InChI=1S/C21H22ClNO2/c1-13-19(21(2,3)4)17-11-14(12-24)5-10-18(17)23(13)20(25)15-6-8-16(22)9-7-15/h5-11,24H,12H2,1-4H3. The van der Waals surface area contributed by atoms with E-state index in [0.29, 0.717) is 10.6 Å². The van der Waals surface area contributed by atoms with Gasteiger partial charge in [-0.15, -0.1) is 0 Å². The lowest BCUT2D eigenvalue weighted by Gasteiger charge is -2.20. The van der Waals surface area contributed by atoms with Gasteiger partial charge in [-0.05, 0) is 59.9 Å². The van der Waals surface area contributed by atoms with Gasteiger partial charge in [0.05, 0.1) is 12.1 Å². The third-order valence-electron chi connectivity index (χ3n) is 4.50. The molecular weight excluding hydrogens is 334 g/mol. The van der Waals surface area contributed by atoms with Crippen molar-refractivity contribution in [2.75, 3.05) is 0 Å². The van der Waals surface area contributed by atoms with E-state index in [1.54, 1.807) is 28.8 Å². The van der Waals surface area contributed by atoms with Crippen LogP contribution in [0.3, 0.4) is 0 Å². The van der Waals surface area contributed by atoms with E-state index in [1.165, 1.54) is 0 Å². The van der Waals surface area contributed by atoms with Crippen LogP contribution in [0.5, 0.6) is 0 Å². The Kier molecular flexibility index (Phi) is 4.48. The third kappa shape index (κ3) is 3.10. The maximum Gasteiger partial charge on any atom is 0.262 e. The van der Waals surface area contributed by atoms with Crippen molar-refractivity contribution in [3.8, 4) is 0 Å². The first-order valence-electron chi connectivity index (χ1n) is 8.29. The highest BCUT2D eigenvalue weighted by atomic mass is 35.5. The van der Waals surface area contributed by atoms with Crippen LogP contribution in [0.15, 0.2) is 42.5 Å². The summed E-state index contributed by atoms with van der Waals surface area (Å²) < 4.78 is 1.76. The van der Waals surface area contributed by atoms with Gasteiger partial charge >= 0.3 is 0 Å². The van der Waals surface area contributed by atoms with E-state index in [-0.39, 0.29) is 17.9 Å². The van der Waals surface area contributed by atoms with E-state index in [2.05, 4.69) is 20.8 Å². The third-order valence-corrected chi connectivity index (χ3v) is 4.75. The normalized spacial score (nSPS) is 11.9. The molecule has 0 saturated heterocycles. The number of aliphatic hydroxyl groups excluding tert-OH is 1. The van der Waals surface area contributed by atoms with E-state index in [4.69, 9.17) is 11.6 Å². The molecular formula is C21H22ClNO2. The van der Waals surface area contributed by atoms with Crippen molar-refractivity contribution in [2.24, 2.45) is 0 Å². The zero-order chi connectivity index (χ0) is 18.4. The monoisotopic (exact) mass is 355 g/mol. The molecule has 0 saturated carbocycles. The topological polar surface area (TPSA) is 42.2 Å². The predicted molar refractivity (Wildman–Crippen MR) is 102 cm³/mol. The Morgan fingerprint density at radius 3 is 2.32 bits per heavy atom. The first-order valence-corrected chi connectivity index (χ1v) is 8.67. The lowest BCUT2D eigenvalue weighted by atomic mass is 9.84. The Bertz CT molecular complexity index is 947. The number of hydrogen-bond acceptors (Lipinski definition) is 2. The van der Waals surface area contributed by atoms with Crippen LogP contribution in [0.2, 0.25) is 5.02 Å². The second-order valence-electron chi connectivity index (χ2n) is 7.37. The summed E-state index contributed by atoms with van der Waals surface area (Å²) in [5.74, 6) is -0.0774. The van der Waals surface area contributed by atoms with Gasteiger partial charge in [-0.1, -0.05) is 38.4 Å². The molecule has 0 spiro atoms. The fourth-order valence-corrected chi connectivity index (χ4v) is 3.62. The van der Waals surface area contributed by atoms with Crippen LogP contribution in [0.4, 0.5) is 0 Å². The molecule has 130 valence electrons. The predicted octanol–water partition coefficient (Wildman–Crippen LogP) is 5.08. The van der Waals surface area contributed by atoms with E-state index >= 15 is 0 Å². The minimum atomic E-state index is -0.123. The molecule has 1 heterocycles. The molecule has 25 heavy (non-hydrogen) atoms. The lowest BCUT2D eigenvalue weighted by molar-refractivity contribution is 0.0963. The number of fused-ring (bicyclic) bond motifs is 1. The van der Waals surface area contributed by atoms with Crippen LogP contribution in [-0.2, 0) is 12.0 Å². The Morgan fingerprint density at radius 2 is 1.76 bits per heavy atom. The molecule has 4 heteroatoms. The molecule has 2 aromatic carbocycles. The molecule has 0 aliphatic carbocycles. The van der Waals surface area contributed by atoms with Crippen molar-refractivity contribution in [3.63, 3.8) is 0 Å². The number of nitrogens with zero attached hydrogens (tertiary/aromatic N) is 1. The second kappa shape index (κ2) is 6.32. The molecule has 3 aromatic rings. The van der Waals surface area contributed by atoms with E-state index in [1.807, 2.05) is 25.1 Å². The van der Waals surface area contributed by atoms with Gasteiger partial charge < -0.3 is 5.11 Å². The van der Waals surface area contributed by atoms with Gasteiger partial charge in [0, 0.05) is 21.7 Å². The molecule has 0 amide bonds. The highest BCUT2D eigenvalue weighted by molar-refractivity contribution is 6.30. The summed E-state index contributed by atoms with van der Waals surface area (Å²) in [5, 5.41) is 11.1. The first-order chi connectivity index (χ1) is 11.7. The van der Waals surface area contributed by atoms with Crippen molar-refractivity contribution < 1.29 is 9.90 Å². The van der Waals surface area contributed by atoms with Gasteiger partial charge in [0.1, 0.15) is 0 Å². The van der Waals surface area contributed by atoms with E-state index < -0.39 is 0 Å². The molecule has 0 aliphatic rings. The zero-order valence-corrected chi connectivity index (χ0v) is 15.7. The van der Waals surface area contributed by atoms with Gasteiger partial charge in [-0.2, -0.15) is 0 Å². The Hall–Kier alpha value is -2.10. The minimum Gasteiger partial charge on any atom is -0.392 e. The molecule has 0 fully saturated rings. The summed E-state index contributed by atoms with van der Waals surface area (Å²) in [6.07, 6.45) is 0. The number of carbonyl (C=O) groups excluding carboxylic acids is 1. The highest BCUT2D eigenvalue weighted by Crippen LogP contribution is 2.36.